The second-order valence-electron chi connectivity index (χ2n) is 15.2. The van der Waals surface area contributed by atoms with Crippen LogP contribution in [0, 0.1) is 29.6 Å². The van der Waals surface area contributed by atoms with Crippen molar-refractivity contribution >= 4 is 33.2 Å². The van der Waals surface area contributed by atoms with Crippen LogP contribution < -0.4 is 14.4 Å². The van der Waals surface area contributed by atoms with Crippen LogP contribution in [0.2, 0.25) is 5.02 Å². The Morgan fingerprint density at radius 3 is 2.65 bits per heavy atom. The third kappa shape index (κ3) is 9.19. The van der Waals surface area contributed by atoms with Crippen LogP contribution in [0.25, 0.3) is 0 Å². The predicted octanol–water partition coefficient (Wildman–Crippen LogP) is 6.38. The van der Waals surface area contributed by atoms with Gasteiger partial charge in [0.2, 0.25) is 5.91 Å². The van der Waals surface area contributed by atoms with Crippen LogP contribution in [0.4, 0.5) is 5.69 Å². The van der Waals surface area contributed by atoms with Gasteiger partial charge in [-0.05, 0) is 104 Å². The van der Waals surface area contributed by atoms with E-state index in [2.05, 4.69) is 27.5 Å². The minimum atomic E-state index is -4.14. The highest BCUT2D eigenvalue weighted by Gasteiger charge is 2.44. The topological polar surface area (TPSA) is 108 Å². The average molecular weight is 740 g/mol. The Labute approximate surface area is 309 Å². The summed E-state index contributed by atoms with van der Waals surface area (Å²) in [5.41, 5.74) is 1.71. The van der Waals surface area contributed by atoms with Gasteiger partial charge in [-0.2, -0.15) is 0 Å². The van der Waals surface area contributed by atoms with Gasteiger partial charge in [0.05, 0.1) is 23.8 Å². The lowest BCUT2D eigenvalue weighted by Crippen LogP contribution is -2.49. The Kier molecular flexibility index (Phi) is 12.2. The van der Waals surface area contributed by atoms with Gasteiger partial charge in [0, 0.05) is 43.7 Å². The first-order valence-electron chi connectivity index (χ1n) is 18.7. The Morgan fingerprint density at radius 1 is 1.08 bits per heavy atom. The van der Waals surface area contributed by atoms with Crippen molar-refractivity contribution in [3.05, 3.63) is 76.9 Å². The number of fused-ring (bicyclic) bond motifs is 3. The lowest BCUT2D eigenvalue weighted by atomic mass is 9.64. The number of hydrogen-bond donors (Lipinski definition) is 2. The lowest BCUT2D eigenvalue weighted by Gasteiger charge is -2.47. The van der Waals surface area contributed by atoms with Gasteiger partial charge in [-0.1, -0.05) is 62.7 Å². The number of halogens is 1. The maximum Gasteiger partial charge on any atom is 0.264 e. The molecule has 1 amide bonds. The minimum Gasteiger partial charge on any atom is -0.487 e. The van der Waals surface area contributed by atoms with E-state index >= 15 is 0 Å². The van der Waals surface area contributed by atoms with Gasteiger partial charge in [-0.15, -0.1) is 0 Å². The van der Waals surface area contributed by atoms with Crippen molar-refractivity contribution in [3.8, 4) is 5.75 Å². The molecule has 2 aromatic rings. The summed E-state index contributed by atoms with van der Waals surface area (Å²) in [6, 6.07) is 10.7. The number of carbonyl (C=O) groups is 1. The summed E-state index contributed by atoms with van der Waals surface area (Å²) in [5.74, 6) is -0.300. The molecule has 9 nitrogen and oxygen atoms in total. The number of morpholine rings is 1. The number of benzene rings is 2. The molecular weight excluding hydrogens is 686 g/mol. The molecule has 2 fully saturated rings. The molecule has 3 aliphatic heterocycles. The zero-order valence-electron chi connectivity index (χ0n) is 30.2. The predicted molar refractivity (Wildman–Crippen MR) is 202 cm³/mol. The molecular formula is C40H54ClN3O6S. The SMILES string of the molecule is CC(/C=C/[C@]1(O)/C=C/C[C@H](C)[C@@H](C)C(=O)NS(=O)(=O)c2ccc3c(c2)N(CCCCc2cc(Cl)ccc2CO3)C[C@@H]2CC[C@H]21)CN1CCOCC1. The lowest BCUT2D eigenvalue weighted by molar-refractivity contribution is -0.124. The molecule has 1 aliphatic carbocycles. The third-order valence-corrected chi connectivity index (χ3v) is 13.0. The van der Waals surface area contributed by atoms with Crippen LogP contribution >= 0.6 is 11.6 Å². The largest absolute Gasteiger partial charge is 0.487 e. The maximum atomic E-state index is 13.7. The number of aryl methyl sites for hydroxylation is 1. The number of nitrogens with zero attached hydrogens (tertiary/aromatic N) is 2. The third-order valence-electron chi connectivity index (χ3n) is 11.5. The van der Waals surface area contributed by atoms with E-state index in [4.69, 9.17) is 21.1 Å². The van der Waals surface area contributed by atoms with E-state index in [1.165, 1.54) is 6.07 Å². The average Bonchev–Trinajstić information content (AvgIpc) is 3.12. The van der Waals surface area contributed by atoms with Crippen molar-refractivity contribution in [2.24, 2.45) is 29.6 Å². The van der Waals surface area contributed by atoms with Crippen LogP contribution in [0.1, 0.15) is 64.0 Å². The highest BCUT2D eigenvalue weighted by molar-refractivity contribution is 7.90. The number of sulfonamides is 1. The van der Waals surface area contributed by atoms with E-state index in [9.17, 15) is 18.3 Å². The fraction of sp³-hybridized carbons (Fsp3) is 0.575. The molecule has 4 aliphatic rings. The molecule has 0 spiro atoms. The number of rotatable bonds is 4. The molecule has 2 aromatic carbocycles. The van der Waals surface area contributed by atoms with Gasteiger partial charge < -0.3 is 19.5 Å². The van der Waals surface area contributed by atoms with E-state index in [1.807, 2.05) is 43.4 Å². The van der Waals surface area contributed by atoms with Gasteiger partial charge in [0.25, 0.3) is 10.0 Å². The molecule has 6 atom stereocenters. The number of hydrogen-bond acceptors (Lipinski definition) is 8. The summed E-state index contributed by atoms with van der Waals surface area (Å²) in [5, 5.41) is 13.2. The second kappa shape index (κ2) is 16.4. The van der Waals surface area contributed by atoms with Crippen molar-refractivity contribution < 1.29 is 27.8 Å². The van der Waals surface area contributed by atoms with E-state index in [1.54, 1.807) is 19.1 Å². The molecule has 51 heavy (non-hydrogen) atoms. The fourth-order valence-electron chi connectivity index (χ4n) is 7.86. The van der Waals surface area contributed by atoms with Gasteiger partial charge in [-0.25, -0.2) is 13.1 Å². The standard InChI is InChI=1S/C40H54ClN3O6S/c1-28(25-43-19-21-49-22-20-43)15-17-40(46)16-6-7-29(2)30(3)39(45)42-51(47,48)35-12-14-38-37(24-35)44(26-32-10-13-36(32)40)18-5-4-8-31-23-34(41)11-9-33(31)27-50-38/h6,9,11-12,14-17,23-24,28-30,32,36,46H,4-5,7-8,10,13,18-22,25-27H2,1-3H3,(H,42,45)/b16-6+,17-15+/t28?,29-,30+,32-,36+,40+/m0/s1. The smallest absolute Gasteiger partial charge is 0.264 e. The highest BCUT2D eigenvalue weighted by atomic mass is 35.5. The Morgan fingerprint density at radius 2 is 1.88 bits per heavy atom. The molecule has 2 N–H and O–H groups in total. The first-order valence-corrected chi connectivity index (χ1v) is 20.5. The van der Waals surface area contributed by atoms with Gasteiger partial charge in [-0.3, -0.25) is 9.69 Å². The van der Waals surface area contributed by atoms with E-state index < -0.39 is 27.4 Å². The van der Waals surface area contributed by atoms with E-state index in [0.29, 0.717) is 42.6 Å². The summed E-state index contributed by atoms with van der Waals surface area (Å²) in [6.07, 6.45) is 13.1. The first-order chi connectivity index (χ1) is 24.4. The normalized spacial score (nSPS) is 30.5. The Hall–Kier alpha value is -2.89. The van der Waals surface area contributed by atoms with Crippen molar-refractivity contribution in [2.75, 3.05) is 50.8 Å². The van der Waals surface area contributed by atoms with Crippen LogP contribution in [0.5, 0.6) is 5.75 Å². The van der Waals surface area contributed by atoms with Crippen LogP contribution in [-0.4, -0.2) is 75.9 Å². The summed E-state index contributed by atoms with van der Waals surface area (Å²) in [6.45, 7) is 11.8. The van der Waals surface area contributed by atoms with Crippen LogP contribution in [-0.2, 0) is 32.6 Å². The number of ether oxygens (including phenoxy) is 2. The van der Waals surface area contributed by atoms with Crippen molar-refractivity contribution in [1.82, 2.24) is 9.62 Å². The van der Waals surface area contributed by atoms with Gasteiger partial charge in [0.1, 0.15) is 18.0 Å². The van der Waals surface area contributed by atoms with E-state index in [-0.39, 0.29) is 28.6 Å². The minimum absolute atomic E-state index is 0.0228. The molecule has 3 heterocycles. The zero-order valence-corrected chi connectivity index (χ0v) is 31.8. The number of carbonyl (C=O) groups excluding carboxylic acids is 1. The monoisotopic (exact) mass is 739 g/mol. The van der Waals surface area contributed by atoms with Gasteiger partial charge in [0.15, 0.2) is 0 Å². The summed E-state index contributed by atoms with van der Waals surface area (Å²) < 4.78 is 41.7. The Balaban J connectivity index is 1.35. The van der Waals surface area contributed by atoms with Crippen molar-refractivity contribution in [3.63, 3.8) is 0 Å². The molecule has 0 aromatic heterocycles. The number of nitrogens with one attached hydrogen (secondary N) is 1. The molecule has 1 unspecified atom stereocenters. The van der Waals surface area contributed by atoms with E-state index in [0.717, 1.165) is 76.1 Å². The summed E-state index contributed by atoms with van der Waals surface area (Å²) in [7, 11) is -4.14. The number of allylic oxidation sites excluding steroid dienone is 1. The molecule has 1 saturated carbocycles. The number of amides is 1. The molecule has 278 valence electrons. The van der Waals surface area contributed by atoms with Crippen molar-refractivity contribution in [2.45, 2.75) is 76.4 Å². The zero-order chi connectivity index (χ0) is 36.2. The van der Waals surface area contributed by atoms with Crippen LogP contribution in [0.3, 0.4) is 0 Å². The second-order valence-corrected chi connectivity index (χ2v) is 17.3. The fourth-order valence-corrected chi connectivity index (χ4v) is 9.13. The number of aliphatic hydroxyl groups is 1. The molecule has 6 rings (SSSR count). The number of anilines is 1. The van der Waals surface area contributed by atoms with Crippen LogP contribution in [0.15, 0.2) is 65.6 Å². The Bertz CT molecular complexity index is 1710. The van der Waals surface area contributed by atoms with Gasteiger partial charge >= 0.3 is 0 Å². The quantitative estimate of drug-likeness (QED) is 0.348. The molecule has 0 radical (unpaired) electrons. The molecule has 11 heteroatoms. The highest BCUT2D eigenvalue weighted by Crippen LogP contribution is 2.46. The first kappa shape index (κ1) is 37.9. The molecule has 1 saturated heterocycles. The summed E-state index contributed by atoms with van der Waals surface area (Å²) in [4.78, 5) is 18.0. The van der Waals surface area contributed by atoms with Crippen molar-refractivity contribution in [1.29, 1.82) is 0 Å². The maximum absolute atomic E-state index is 13.7. The summed E-state index contributed by atoms with van der Waals surface area (Å²) >= 11 is 6.37. The molecule has 2 bridgehead atoms.